The molecule has 0 amide bonds. The predicted octanol–water partition coefficient (Wildman–Crippen LogP) is 3.83. The molecule has 0 aliphatic carbocycles. The van der Waals surface area contributed by atoms with E-state index in [0.29, 0.717) is 12.0 Å². The van der Waals surface area contributed by atoms with Crippen molar-refractivity contribution in [2.24, 2.45) is 0 Å². The minimum absolute atomic E-state index is 0.113. The SMILES string of the molecule is COc1cc2c(C(=O)O)c(-c3ccc(F)cc3)nn2cc1NS(=O)(=O)CCc1ccccc1. The van der Waals surface area contributed by atoms with Gasteiger partial charge in [-0.15, -0.1) is 0 Å². The van der Waals surface area contributed by atoms with Crippen LogP contribution in [0.25, 0.3) is 16.8 Å². The van der Waals surface area contributed by atoms with Crippen LogP contribution in [-0.4, -0.2) is 42.0 Å². The maximum absolute atomic E-state index is 13.3. The van der Waals surface area contributed by atoms with Crippen molar-refractivity contribution >= 4 is 27.2 Å². The summed E-state index contributed by atoms with van der Waals surface area (Å²) in [5.74, 6) is -1.71. The first-order chi connectivity index (χ1) is 15.8. The number of aromatic carboxylic acids is 1. The summed E-state index contributed by atoms with van der Waals surface area (Å²) in [5, 5.41) is 14.1. The quantitative estimate of drug-likeness (QED) is 0.406. The number of anilines is 1. The first-order valence-electron chi connectivity index (χ1n) is 9.91. The number of sulfonamides is 1. The Morgan fingerprint density at radius 1 is 1.15 bits per heavy atom. The molecule has 0 radical (unpaired) electrons. The lowest BCUT2D eigenvalue weighted by Crippen LogP contribution is -2.19. The lowest BCUT2D eigenvalue weighted by Gasteiger charge is -2.12. The van der Waals surface area contributed by atoms with Gasteiger partial charge in [-0.2, -0.15) is 5.10 Å². The molecule has 0 fully saturated rings. The van der Waals surface area contributed by atoms with Crippen molar-refractivity contribution < 1.29 is 27.4 Å². The number of hydrogen-bond acceptors (Lipinski definition) is 5. The van der Waals surface area contributed by atoms with Gasteiger partial charge in [0.25, 0.3) is 0 Å². The van der Waals surface area contributed by atoms with Crippen LogP contribution in [0.5, 0.6) is 5.75 Å². The van der Waals surface area contributed by atoms with Crippen LogP contribution in [-0.2, 0) is 16.4 Å². The van der Waals surface area contributed by atoms with E-state index in [2.05, 4.69) is 9.82 Å². The molecule has 0 saturated carbocycles. The number of fused-ring (bicyclic) bond motifs is 1. The number of aromatic nitrogens is 2. The molecule has 0 bridgehead atoms. The molecule has 33 heavy (non-hydrogen) atoms. The summed E-state index contributed by atoms with van der Waals surface area (Å²) in [6.45, 7) is 0. The van der Waals surface area contributed by atoms with Crippen LogP contribution in [0.3, 0.4) is 0 Å². The average Bonchev–Trinajstić information content (AvgIpc) is 3.16. The largest absolute Gasteiger partial charge is 0.494 e. The Morgan fingerprint density at radius 2 is 1.85 bits per heavy atom. The van der Waals surface area contributed by atoms with E-state index in [-0.39, 0.29) is 34.0 Å². The molecule has 0 aliphatic heterocycles. The number of methoxy groups -OCH3 is 1. The standard InChI is InChI=1S/C23H20FN3O5S/c1-32-20-13-19-21(23(28)29)22(16-7-9-17(24)10-8-16)25-27(19)14-18(20)26-33(30,31)12-11-15-5-3-2-4-6-15/h2-10,13-14,26H,11-12H2,1H3,(H,28,29). The Bertz CT molecular complexity index is 1420. The second kappa shape index (κ2) is 8.91. The fourth-order valence-corrected chi connectivity index (χ4v) is 4.55. The highest BCUT2D eigenvalue weighted by molar-refractivity contribution is 7.92. The molecule has 0 aliphatic rings. The highest BCUT2D eigenvalue weighted by atomic mass is 32.2. The van der Waals surface area contributed by atoms with Crippen molar-refractivity contribution in [2.75, 3.05) is 17.6 Å². The molecule has 2 aromatic heterocycles. The Hall–Kier alpha value is -3.92. The van der Waals surface area contributed by atoms with Crippen LogP contribution in [0.1, 0.15) is 15.9 Å². The zero-order chi connectivity index (χ0) is 23.6. The van der Waals surface area contributed by atoms with Gasteiger partial charge in [0.1, 0.15) is 28.5 Å². The maximum atomic E-state index is 13.3. The van der Waals surface area contributed by atoms with Crippen molar-refractivity contribution in [3.63, 3.8) is 0 Å². The number of ether oxygens (including phenoxy) is 1. The second-order valence-corrected chi connectivity index (χ2v) is 9.12. The third kappa shape index (κ3) is 4.80. The Morgan fingerprint density at radius 3 is 2.48 bits per heavy atom. The number of nitrogens with one attached hydrogen (secondary N) is 1. The van der Waals surface area contributed by atoms with Gasteiger partial charge in [0.15, 0.2) is 0 Å². The summed E-state index contributed by atoms with van der Waals surface area (Å²) >= 11 is 0. The van der Waals surface area contributed by atoms with Gasteiger partial charge in [0.05, 0.1) is 24.6 Å². The smallest absolute Gasteiger partial charge is 0.340 e. The molecule has 8 nitrogen and oxygen atoms in total. The van der Waals surface area contributed by atoms with Crippen molar-refractivity contribution in [3.05, 3.63) is 83.8 Å². The average molecular weight is 469 g/mol. The van der Waals surface area contributed by atoms with Gasteiger partial charge in [-0.1, -0.05) is 30.3 Å². The number of rotatable bonds is 8. The third-order valence-corrected chi connectivity index (χ3v) is 6.32. The van der Waals surface area contributed by atoms with Gasteiger partial charge < -0.3 is 9.84 Å². The zero-order valence-electron chi connectivity index (χ0n) is 17.5. The topological polar surface area (TPSA) is 110 Å². The number of pyridine rings is 1. The molecule has 0 saturated heterocycles. The summed E-state index contributed by atoms with van der Waals surface area (Å²) in [5.41, 5.74) is 1.61. The lowest BCUT2D eigenvalue weighted by atomic mass is 10.1. The minimum Gasteiger partial charge on any atom is -0.494 e. The van der Waals surface area contributed by atoms with Gasteiger partial charge in [-0.25, -0.2) is 22.1 Å². The van der Waals surface area contributed by atoms with E-state index in [1.54, 1.807) is 0 Å². The van der Waals surface area contributed by atoms with Crippen LogP contribution in [0, 0.1) is 5.82 Å². The van der Waals surface area contributed by atoms with Crippen molar-refractivity contribution in [1.82, 2.24) is 9.61 Å². The van der Waals surface area contributed by atoms with Crippen LogP contribution in [0.4, 0.5) is 10.1 Å². The molecule has 0 unspecified atom stereocenters. The molecule has 0 atom stereocenters. The first kappa shape index (κ1) is 22.3. The van der Waals surface area contributed by atoms with Crippen molar-refractivity contribution in [3.8, 4) is 17.0 Å². The Kier molecular flexibility index (Phi) is 6.01. The maximum Gasteiger partial charge on any atom is 0.340 e. The van der Waals surface area contributed by atoms with Crippen molar-refractivity contribution in [1.29, 1.82) is 0 Å². The van der Waals surface area contributed by atoms with Gasteiger partial charge in [-0.3, -0.25) is 4.72 Å². The molecule has 0 spiro atoms. The predicted molar refractivity (Wildman–Crippen MR) is 122 cm³/mol. The molecule has 2 N–H and O–H groups in total. The molecular formula is C23H20FN3O5S. The fourth-order valence-electron chi connectivity index (χ4n) is 3.45. The van der Waals surface area contributed by atoms with Crippen LogP contribution < -0.4 is 9.46 Å². The van der Waals surface area contributed by atoms with Gasteiger partial charge in [-0.05, 0) is 36.2 Å². The first-order valence-corrected chi connectivity index (χ1v) is 11.6. The van der Waals surface area contributed by atoms with E-state index in [9.17, 15) is 22.7 Å². The number of halogens is 1. The second-order valence-electron chi connectivity index (χ2n) is 7.28. The number of carboxylic acids is 1. The molecule has 2 aromatic carbocycles. The monoisotopic (exact) mass is 469 g/mol. The number of benzene rings is 2. The Balaban J connectivity index is 1.72. The molecule has 170 valence electrons. The van der Waals surface area contributed by atoms with E-state index in [0.717, 1.165) is 5.56 Å². The van der Waals surface area contributed by atoms with E-state index < -0.39 is 21.8 Å². The van der Waals surface area contributed by atoms with E-state index >= 15 is 0 Å². The summed E-state index contributed by atoms with van der Waals surface area (Å²) < 4.78 is 47.8. The number of nitrogens with zero attached hydrogens (tertiary/aromatic N) is 2. The number of carboxylic acid groups (broad SMARTS) is 1. The molecule has 2 heterocycles. The van der Waals surface area contributed by atoms with Gasteiger partial charge >= 0.3 is 5.97 Å². The highest BCUT2D eigenvalue weighted by Gasteiger charge is 2.23. The van der Waals surface area contributed by atoms with Gasteiger partial charge in [0, 0.05) is 11.6 Å². The third-order valence-electron chi connectivity index (χ3n) is 5.05. The highest BCUT2D eigenvalue weighted by Crippen LogP contribution is 2.33. The van der Waals surface area contributed by atoms with Crippen molar-refractivity contribution in [2.45, 2.75) is 6.42 Å². The normalized spacial score (nSPS) is 11.5. The molecule has 4 rings (SSSR count). The van der Waals surface area contributed by atoms with E-state index in [1.807, 2.05) is 30.3 Å². The number of carbonyl (C=O) groups is 1. The van der Waals surface area contributed by atoms with E-state index in [1.165, 1.54) is 48.2 Å². The summed E-state index contributed by atoms with van der Waals surface area (Å²) in [6.07, 6.45) is 1.67. The molecular weight excluding hydrogens is 449 g/mol. The van der Waals surface area contributed by atoms with Gasteiger partial charge in [0.2, 0.25) is 10.0 Å². The van der Waals surface area contributed by atoms with E-state index in [4.69, 9.17) is 4.74 Å². The summed E-state index contributed by atoms with van der Waals surface area (Å²) in [6, 6.07) is 15.9. The molecule has 4 aromatic rings. The Labute approximate surface area is 189 Å². The molecule has 10 heteroatoms. The minimum atomic E-state index is -3.74. The number of hydrogen-bond donors (Lipinski definition) is 2. The van der Waals surface area contributed by atoms with Crippen LogP contribution >= 0.6 is 0 Å². The zero-order valence-corrected chi connectivity index (χ0v) is 18.3. The van der Waals surface area contributed by atoms with Crippen LogP contribution in [0.15, 0.2) is 66.9 Å². The lowest BCUT2D eigenvalue weighted by molar-refractivity contribution is 0.0700. The summed E-state index contributed by atoms with van der Waals surface area (Å²) in [4.78, 5) is 12.0. The van der Waals surface area contributed by atoms with Crippen LogP contribution in [0.2, 0.25) is 0 Å². The summed E-state index contributed by atoms with van der Waals surface area (Å²) in [7, 11) is -2.39. The number of aryl methyl sites for hydroxylation is 1. The fraction of sp³-hybridized carbons (Fsp3) is 0.130.